The van der Waals surface area contributed by atoms with Crippen LogP contribution in [0, 0.1) is 0 Å². The Morgan fingerprint density at radius 3 is 2.81 bits per heavy atom. The second-order valence-corrected chi connectivity index (χ2v) is 6.96. The molecule has 0 atom stereocenters. The Morgan fingerprint density at radius 1 is 1.19 bits per heavy atom. The highest BCUT2D eigenvalue weighted by Crippen LogP contribution is 2.38. The number of fused-ring (bicyclic) bond motifs is 1. The van der Waals surface area contributed by atoms with E-state index < -0.39 is 0 Å². The summed E-state index contributed by atoms with van der Waals surface area (Å²) in [5, 5.41) is 9.03. The second-order valence-electron chi connectivity index (χ2n) is 6.53. The first-order valence-corrected chi connectivity index (χ1v) is 8.93. The molecule has 0 bridgehead atoms. The standard InChI is InChI=1S/C20H21ClN4O/c1-24(2)15-6-4-5-13(11-15)19-16-9-10-22-20(16)25(23-19)17-12-14(21)7-8-18(17)26-3/h4-8,11-12,22H,9-10H2,1-3H3. The van der Waals surface area contributed by atoms with Gasteiger partial charge in [-0.1, -0.05) is 23.7 Å². The van der Waals surface area contributed by atoms with Crippen molar-refractivity contribution < 1.29 is 4.74 Å². The van der Waals surface area contributed by atoms with E-state index in [9.17, 15) is 0 Å². The third-order valence-electron chi connectivity index (χ3n) is 4.66. The van der Waals surface area contributed by atoms with Gasteiger partial charge in [0.1, 0.15) is 17.3 Å². The smallest absolute Gasteiger partial charge is 0.144 e. The molecule has 134 valence electrons. The summed E-state index contributed by atoms with van der Waals surface area (Å²) in [5.41, 5.74) is 5.31. The predicted octanol–water partition coefficient (Wildman–Crippen LogP) is 4.24. The molecule has 2 aromatic carbocycles. The van der Waals surface area contributed by atoms with Gasteiger partial charge in [0.05, 0.1) is 12.8 Å². The zero-order valence-corrected chi connectivity index (χ0v) is 15.8. The van der Waals surface area contributed by atoms with Gasteiger partial charge in [-0.15, -0.1) is 0 Å². The van der Waals surface area contributed by atoms with Crippen molar-refractivity contribution in [3.63, 3.8) is 0 Å². The van der Waals surface area contributed by atoms with Crippen molar-refractivity contribution in [2.24, 2.45) is 0 Å². The summed E-state index contributed by atoms with van der Waals surface area (Å²) in [6.45, 7) is 0.899. The minimum absolute atomic E-state index is 0.652. The first-order chi connectivity index (χ1) is 12.6. The number of rotatable bonds is 4. The minimum atomic E-state index is 0.652. The fourth-order valence-electron chi connectivity index (χ4n) is 3.34. The third kappa shape index (κ3) is 2.78. The molecule has 6 heteroatoms. The maximum atomic E-state index is 6.23. The van der Waals surface area contributed by atoms with Crippen molar-refractivity contribution in [1.29, 1.82) is 0 Å². The molecule has 0 spiro atoms. The van der Waals surface area contributed by atoms with Crippen molar-refractivity contribution >= 4 is 23.1 Å². The summed E-state index contributed by atoms with van der Waals surface area (Å²) >= 11 is 6.23. The molecule has 3 aromatic rings. The minimum Gasteiger partial charge on any atom is -0.494 e. The van der Waals surface area contributed by atoms with Crippen LogP contribution in [0.5, 0.6) is 5.75 Å². The number of anilines is 2. The van der Waals surface area contributed by atoms with Crippen LogP contribution in [0.25, 0.3) is 16.9 Å². The number of ether oxygens (including phenoxy) is 1. The normalized spacial score (nSPS) is 12.6. The van der Waals surface area contributed by atoms with Gasteiger partial charge in [-0.2, -0.15) is 5.10 Å². The van der Waals surface area contributed by atoms with Gasteiger partial charge in [-0.05, 0) is 36.8 Å². The highest BCUT2D eigenvalue weighted by atomic mass is 35.5. The molecular formula is C20H21ClN4O. The average molecular weight is 369 g/mol. The summed E-state index contributed by atoms with van der Waals surface area (Å²) in [6.07, 6.45) is 0.944. The summed E-state index contributed by atoms with van der Waals surface area (Å²) in [6, 6.07) is 14.0. The molecule has 0 saturated heterocycles. The van der Waals surface area contributed by atoms with E-state index in [-0.39, 0.29) is 0 Å². The molecule has 0 amide bonds. The van der Waals surface area contributed by atoms with E-state index in [1.54, 1.807) is 7.11 Å². The Morgan fingerprint density at radius 2 is 2.04 bits per heavy atom. The van der Waals surface area contributed by atoms with E-state index in [4.69, 9.17) is 21.4 Å². The number of aromatic nitrogens is 2. The molecule has 1 N–H and O–H groups in total. The van der Waals surface area contributed by atoms with Crippen LogP contribution in [0.4, 0.5) is 11.5 Å². The zero-order chi connectivity index (χ0) is 18.3. The Labute approximate surface area is 158 Å². The maximum Gasteiger partial charge on any atom is 0.144 e. The van der Waals surface area contributed by atoms with Gasteiger partial charge < -0.3 is 15.0 Å². The monoisotopic (exact) mass is 368 g/mol. The topological polar surface area (TPSA) is 42.3 Å². The predicted molar refractivity (Wildman–Crippen MR) is 107 cm³/mol. The van der Waals surface area contributed by atoms with Crippen LogP contribution in [0.2, 0.25) is 5.02 Å². The van der Waals surface area contributed by atoms with Crippen molar-refractivity contribution in [2.45, 2.75) is 6.42 Å². The van der Waals surface area contributed by atoms with Gasteiger partial charge in [-0.25, -0.2) is 4.68 Å². The Balaban J connectivity index is 1.89. The summed E-state index contributed by atoms with van der Waals surface area (Å²) < 4.78 is 7.43. The van der Waals surface area contributed by atoms with Crippen LogP contribution in [0.1, 0.15) is 5.56 Å². The van der Waals surface area contributed by atoms with Gasteiger partial charge in [-0.3, -0.25) is 0 Å². The number of methoxy groups -OCH3 is 1. The van der Waals surface area contributed by atoms with Crippen LogP contribution in [0.3, 0.4) is 0 Å². The molecule has 0 aliphatic carbocycles. The largest absolute Gasteiger partial charge is 0.494 e. The fraction of sp³-hybridized carbons (Fsp3) is 0.250. The molecule has 1 aliphatic heterocycles. The molecule has 0 saturated carbocycles. The van der Waals surface area contributed by atoms with Crippen molar-refractivity contribution in [1.82, 2.24) is 9.78 Å². The number of nitrogens with zero attached hydrogens (tertiary/aromatic N) is 3. The molecular weight excluding hydrogens is 348 g/mol. The van der Waals surface area contributed by atoms with E-state index in [0.717, 1.165) is 47.2 Å². The molecule has 1 aliphatic rings. The molecule has 5 nitrogen and oxygen atoms in total. The SMILES string of the molecule is COc1ccc(Cl)cc1-n1nc(-c2cccc(N(C)C)c2)c2c1NCC2. The third-order valence-corrected chi connectivity index (χ3v) is 4.89. The lowest BCUT2D eigenvalue weighted by atomic mass is 10.1. The number of hydrogen-bond donors (Lipinski definition) is 1. The Hall–Kier alpha value is -2.66. The van der Waals surface area contributed by atoms with Crippen molar-refractivity contribution in [3.8, 4) is 22.7 Å². The Kier molecular flexibility index (Phi) is 4.24. The van der Waals surface area contributed by atoms with Gasteiger partial charge >= 0.3 is 0 Å². The summed E-state index contributed by atoms with van der Waals surface area (Å²) in [4.78, 5) is 2.10. The highest BCUT2D eigenvalue weighted by molar-refractivity contribution is 6.30. The molecule has 1 aromatic heterocycles. The lowest BCUT2D eigenvalue weighted by Crippen LogP contribution is -2.08. The zero-order valence-electron chi connectivity index (χ0n) is 15.1. The van der Waals surface area contributed by atoms with Crippen LogP contribution >= 0.6 is 11.6 Å². The first kappa shape index (κ1) is 16.8. The van der Waals surface area contributed by atoms with Crippen LogP contribution < -0.4 is 15.0 Å². The number of hydrogen-bond acceptors (Lipinski definition) is 4. The van der Waals surface area contributed by atoms with Crippen LogP contribution in [-0.2, 0) is 6.42 Å². The maximum absolute atomic E-state index is 6.23. The molecule has 0 fully saturated rings. The first-order valence-electron chi connectivity index (χ1n) is 8.56. The van der Waals surface area contributed by atoms with Crippen molar-refractivity contribution in [2.75, 3.05) is 38.0 Å². The van der Waals surface area contributed by atoms with Gasteiger partial charge in [0.2, 0.25) is 0 Å². The molecule has 26 heavy (non-hydrogen) atoms. The molecule has 0 unspecified atom stereocenters. The highest BCUT2D eigenvalue weighted by Gasteiger charge is 2.25. The van der Waals surface area contributed by atoms with Gasteiger partial charge in [0.25, 0.3) is 0 Å². The quantitative estimate of drug-likeness (QED) is 0.748. The Bertz CT molecular complexity index is 964. The van der Waals surface area contributed by atoms with E-state index in [1.807, 2.05) is 37.0 Å². The molecule has 0 radical (unpaired) electrons. The van der Waals surface area contributed by atoms with Gasteiger partial charge in [0.15, 0.2) is 0 Å². The second kappa shape index (κ2) is 6.57. The van der Waals surface area contributed by atoms with E-state index in [2.05, 4.69) is 34.5 Å². The molecule has 4 rings (SSSR count). The van der Waals surface area contributed by atoms with Crippen molar-refractivity contribution in [3.05, 3.63) is 53.1 Å². The van der Waals surface area contributed by atoms with Crippen LogP contribution in [0.15, 0.2) is 42.5 Å². The number of halogens is 1. The van der Waals surface area contributed by atoms with Crippen LogP contribution in [-0.4, -0.2) is 37.5 Å². The number of nitrogens with one attached hydrogen (secondary N) is 1. The fourth-order valence-corrected chi connectivity index (χ4v) is 3.51. The van der Waals surface area contributed by atoms with E-state index >= 15 is 0 Å². The summed E-state index contributed by atoms with van der Waals surface area (Å²) in [5.74, 6) is 1.75. The average Bonchev–Trinajstić information content (AvgIpc) is 3.24. The number of benzene rings is 2. The summed E-state index contributed by atoms with van der Waals surface area (Å²) in [7, 11) is 5.74. The van der Waals surface area contributed by atoms with Gasteiger partial charge in [0, 0.05) is 42.5 Å². The van der Waals surface area contributed by atoms with E-state index in [1.165, 1.54) is 5.56 Å². The lowest BCUT2D eigenvalue weighted by Gasteiger charge is -2.13. The lowest BCUT2D eigenvalue weighted by molar-refractivity contribution is 0.412. The molecule has 2 heterocycles. The van der Waals surface area contributed by atoms with E-state index in [0.29, 0.717) is 5.02 Å².